The number of unbranched alkanes of at least 4 members (excludes halogenated alkanes) is 1. The van der Waals surface area contributed by atoms with Crippen LogP contribution >= 0.6 is 0 Å². The highest BCUT2D eigenvalue weighted by Crippen LogP contribution is 2.00. The van der Waals surface area contributed by atoms with Crippen molar-refractivity contribution in [1.29, 1.82) is 0 Å². The maximum atomic E-state index is 11.0. The average molecular weight is 174 g/mol. The Morgan fingerprint density at radius 1 is 1.58 bits per heavy atom. The lowest BCUT2D eigenvalue weighted by atomic mass is 10.1. The van der Waals surface area contributed by atoms with E-state index in [0.29, 0.717) is 6.54 Å². The second-order valence-electron chi connectivity index (χ2n) is 2.65. The highest BCUT2D eigenvalue weighted by atomic mass is 16.5. The summed E-state index contributed by atoms with van der Waals surface area (Å²) >= 11 is 0. The number of hydrogen-bond acceptors (Lipinski definition) is 4. The van der Waals surface area contributed by atoms with Crippen molar-refractivity contribution in [3.8, 4) is 0 Å². The van der Waals surface area contributed by atoms with Crippen molar-refractivity contribution in [1.82, 2.24) is 5.32 Å². The summed E-state index contributed by atoms with van der Waals surface area (Å²) in [6.07, 6.45) is 2.70. The molecule has 0 bridgehead atoms. The summed E-state index contributed by atoms with van der Waals surface area (Å²) in [5.74, 6) is -0.200. The number of esters is 1. The molecule has 4 nitrogen and oxygen atoms in total. The lowest BCUT2D eigenvalue weighted by Crippen LogP contribution is -2.34. The first-order valence-electron chi connectivity index (χ1n) is 4.21. The molecule has 1 atom stereocenters. The quantitative estimate of drug-likeness (QED) is 0.435. The van der Waals surface area contributed by atoms with Crippen molar-refractivity contribution in [2.75, 3.05) is 20.7 Å². The second kappa shape index (κ2) is 7.06. The highest BCUT2D eigenvalue weighted by Gasteiger charge is 2.15. The van der Waals surface area contributed by atoms with Gasteiger partial charge >= 0.3 is 5.97 Å². The minimum Gasteiger partial charge on any atom is -0.468 e. The molecular formula is C8H18N2O2. The van der Waals surface area contributed by atoms with Crippen molar-refractivity contribution in [2.24, 2.45) is 5.73 Å². The van der Waals surface area contributed by atoms with Crippen LogP contribution < -0.4 is 11.1 Å². The van der Waals surface area contributed by atoms with Crippen LogP contribution in [0.2, 0.25) is 0 Å². The van der Waals surface area contributed by atoms with Crippen molar-refractivity contribution < 1.29 is 9.53 Å². The van der Waals surface area contributed by atoms with Crippen molar-refractivity contribution in [2.45, 2.75) is 25.3 Å². The van der Waals surface area contributed by atoms with E-state index in [4.69, 9.17) is 5.73 Å². The molecule has 3 N–H and O–H groups in total. The smallest absolute Gasteiger partial charge is 0.322 e. The fourth-order valence-corrected chi connectivity index (χ4v) is 1.02. The molecule has 0 amide bonds. The average Bonchev–Trinajstić information content (AvgIpc) is 2.11. The lowest BCUT2D eigenvalue weighted by Gasteiger charge is -2.12. The Morgan fingerprint density at radius 2 is 2.25 bits per heavy atom. The Bertz CT molecular complexity index is 128. The second-order valence-corrected chi connectivity index (χ2v) is 2.65. The zero-order valence-corrected chi connectivity index (χ0v) is 7.80. The molecular weight excluding hydrogens is 156 g/mol. The molecule has 0 fully saturated rings. The Morgan fingerprint density at radius 3 is 2.67 bits per heavy atom. The zero-order chi connectivity index (χ0) is 9.40. The zero-order valence-electron chi connectivity index (χ0n) is 7.80. The van der Waals surface area contributed by atoms with Gasteiger partial charge in [-0.15, -0.1) is 0 Å². The number of ether oxygens (including phenoxy) is 1. The lowest BCUT2D eigenvalue weighted by molar-refractivity contribution is -0.143. The molecule has 72 valence electrons. The normalized spacial score (nSPS) is 12.6. The van der Waals surface area contributed by atoms with Gasteiger partial charge in [0.15, 0.2) is 0 Å². The van der Waals surface area contributed by atoms with Gasteiger partial charge in [-0.2, -0.15) is 0 Å². The monoisotopic (exact) mass is 174 g/mol. The first-order chi connectivity index (χ1) is 5.76. The predicted molar refractivity (Wildman–Crippen MR) is 47.8 cm³/mol. The summed E-state index contributed by atoms with van der Waals surface area (Å²) in [5, 5.41) is 2.90. The summed E-state index contributed by atoms with van der Waals surface area (Å²) in [4.78, 5) is 11.0. The third-order valence-electron chi connectivity index (χ3n) is 1.78. The van der Waals surface area contributed by atoms with E-state index in [0.717, 1.165) is 19.3 Å². The standard InChI is InChI=1S/C8H18N2O2/c1-10-7(8(11)12-2)5-3-4-6-9/h7,10H,3-6,9H2,1-2H3/t7-/m0/s1. The molecule has 0 spiro atoms. The van der Waals surface area contributed by atoms with Gasteiger partial charge in [-0.1, -0.05) is 6.42 Å². The van der Waals surface area contributed by atoms with Crippen LogP contribution in [0, 0.1) is 0 Å². The van der Waals surface area contributed by atoms with E-state index in [-0.39, 0.29) is 12.0 Å². The van der Waals surface area contributed by atoms with E-state index < -0.39 is 0 Å². The number of carbonyl (C=O) groups excluding carboxylic acids is 1. The third kappa shape index (κ3) is 4.31. The topological polar surface area (TPSA) is 64.3 Å². The van der Waals surface area contributed by atoms with Crippen LogP contribution in [0.25, 0.3) is 0 Å². The van der Waals surface area contributed by atoms with E-state index >= 15 is 0 Å². The molecule has 0 aromatic carbocycles. The maximum Gasteiger partial charge on any atom is 0.322 e. The minimum absolute atomic E-state index is 0.179. The van der Waals surface area contributed by atoms with Gasteiger partial charge in [0.2, 0.25) is 0 Å². The molecule has 0 radical (unpaired) electrons. The van der Waals surface area contributed by atoms with Gasteiger partial charge in [0.25, 0.3) is 0 Å². The van der Waals surface area contributed by atoms with E-state index in [2.05, 4.69) is 10.1 Å². The fraction of sp³-hybridized carbons (Fsp3) is 0.875. The maximum absolute atomic E-state index is 11.0. The van der Waals surface area contributed by atoms with Gasteiger partial charge in [0.05, 0.1) is 7.11 Å². The summed E-state index contributed by atoms with van der Waals surface area (Å²) < 4.78 is 4.60. The number of methoxy groups -OCH3 is 1. The van der Waals surface area contributed by atoms with Crippen LogP contribution in [0.5, 0.6) is 0 Å². The fourth-order valence-electron chi connectivity index (χ4n) is 1.02. The van der Waals surface area contributed by atoms with Gasteiger partial charge < -0.3 is 15.8 Å². The van der Waals surface area contributed by atoms with E-state index in [9.17, 15) is 4.79 Å². The summed E-state index contributed by atoms with van der Waals surface area (Å²) in [7, 11) is 3.15. The predicted octanol–water partition coefficient (Wildman–Crippen LogP) is -0.124. The van der Waals surface area contributed by atoms with E-state index in [1.807, 2.05) is 0 Å². The van der Waals surface area contributed by atoms with Crippen LogP contribution in [-0.4, -0.2) is 32.7 Å². The van der Waals surface area contributed by atoms with Crippen molar-refractivity contribution in [3.05, 3.63) is 0 Å². The third-order valence-corrected chi connectivity index (χ3v) is 1.78. The molecule has 0 aliphatic rings. The number of rotatable bonds is 6. The van der Waals surface area contributed by atoms with E-state index in [1.165, 1.54) is 7.11 Å². The number of likely N-dealkylation sites (N-methyl/N-ethyl adjacent to an activating group) is 1. The summed E-state index contributed by atoms with van der Waals surface area (Å²) in [6.45, 7) is 0.678. The minimum atomic E-state index is -0.200. The van der Waals surface area contributed by atoms with Gasteiger partial charge in [0.1, 0.15) is 6.04 Å². The van der Waals surface area contributed by atoms with Gasteiger partial charge in [-0.3, -0.25) is 4.79 Å². The van der Waals surface area contributed by atoms with Crippen LogP contribution in [0.3, 0.4) is 0 Å². The van der Waals surface area contributed by atoms with Crippen molar-refractivity contribution >= 4 is 5.97 Å². The SMILES string of the molecule is CN[C@@H](CCCCN)C(=O)OC. The summed E-state index contributed by atoms with van der Waals surface area (Å²) in [6, 6.07) is -0.179. The Labute approximate surface area is 73.5 Å². The Balaban J connectivity index is 3.60. The van der Waals surface area contributed by atoms with Crippen molar-refractivity contribution in [3.63, 3.8) is 0 Å². The summed E-state index contributed by atoms with van der Waals surface area (Å²) in [5.41, 5.74) is 5.33. The van der Waals surface area contributed by atoms with Crippen LogP contribution in [0.1, 0.15) is 19.3 Å². The number of carbonyl (C=O) groups is 1. The van der Waals surface area contributed by atoms with Gasteiger partial charge in [0, 0.05) is 0 Å². The molecule has 0 aliphatic heterocycles. The van der Waals surface area contributed by atoms with Crippen LogP contribution in [0.4, 0.5) is 0 Å². The molecule has 12 heavy (non-hydrogen) atoms. The number of nitrogens with one attached hydrogen (secondary N) is 1. The van der Waals surface area contributed by atoms with E-state index in [1.54, 1.807) is 7.05 Å². The Hall–Kier alpha value is -0.610. The molecule has 4 heteroatoms. The van der Waals surface area contributed by atoms with Gasteiger partial charge in [-0.25, -0.2) is 0 Å². The Kier molecular flexibility index (Phi) is 6.70. The molecule has 0 saturated heterocycles. The first-order valence-corrected chi connectivity index (χ1v) is 4.21. The molecule has 0 aromatic heterocycles. The van der Waals surface area contributed by atoms with Crippen LogP contribution in [0.15, 0.2) is 0 Å². The molecule has 0 heterocycles. The van der Waals surface area contributed by atoms with Gasteiger partial charge in [-0.05, 0) is 26.4 Å². The first kappa shape index (κ1) is 11.4. The molecule has 0 saturated carbocycles. The number of nitrogens with two attached hydrogens (primary N) is 1. The molecule has 0 aromatic rings. The molecule has 0 unspecified atom stereocenters. The highest BCUT2D eigenvalue weighted by molar-refractivity contribution is 5.75. The van der Waals surface area contributed by atoms with Crippen LogP contribution in [-0.2, 0) is 9.53 Å². The molecule has 0 rings (SSSR count). The molecule has 0 aliphatic carbocycles. The largest absolute Gasteiger partial charge is 0.468 e. The number of hydrogen-bond donors (Lipinski definition) is 2.